The van der Waals surface area contributed by atoms with Gasteiger partial charge in [0, 0.05) is 48.6 Å². The van der Waals surface area contributed by atoms with E-state index in [2.05, 4.69) is 6.92 Å². The molecule has 1 aromatic heterocycles. The molecule has 2 N–H and O–H groups in total. The molecule has 0 bridgehead atoms. The molecule has 1 unspecified atom stereocenters. The number of hydrogen-bond donors (Lipinski definition) is 1. The maximum Gasteiger partial charge on any atom is 0.244 e. The highest BCUT2D eigenvalue weighted by Gasteiger charge is 2.31. The number of aromatic nitrogens is 1. The molecule has 1 aliphatic rings. The largest absolute Gasteiger partial charge is 0.346 e. The van der Waals surface area contributed by atoms with Gasteiger partial charge in [-0.2, -0.15) is 16.1 Å². The minimum atomic E-state index is -3.41. The van der Waals surface area contributed by atoms with E-state index in [1.165, 1.54) is 0 Å². The minimum Gasteiger partial charge on any atom is -0.346 e. The van der Waals surface area contributed by atoms with Crippen molar-refractivity contribution in [3.8, 4) is 0 Å². The zero-order valence-electron chi connectivity index (χ0n) is 12.9. The van der Waals surface area contributed by atoms with E-state index in [9.17, 15) is 8.42 Å². The number of rotatable bonds is 5. The van der Waals surface area contributed by atoms with Crippen molar-refractivity contribution in [2.45, 2.75) is 49.9 Å². The second kappa shape index (κ2) is 6.73. The molecule has 7 heteroatoms. The average molecular weight is 332 g/mol. The van der Waals surface area contributed by atoms with Crippen LogP contribution >= 0.6 is 11.8 Å². The van der Waals surface area contributed by atoms with Gasteiger partial charge < -0.3 is 10.3 Å². The number of thioether (sulfide) groups is 1. The lowest BCUT2D eigenvalue weighted by molar-refractivity contribution is 0.416. The molecule has 5 nitrogen and oxygen atoms in total. The Labute approximate surface area is 131 Å². The van der Waals surface area contributed by atoms with Crippen molar-refractivity contribution >= 4 is 21.8 Å². The molecule has 0 spiro atoms. The Morgan fingerprint density at radius 3 is 2.71 bits per heavy atom. The van der Waals surface area contributed by atoms with Crippen LogP contribution in [0.4, 0.5) is 0 Å². The molecule has 0 radical (unpaired) electrons. The van der Waals surface area contributed by atoms with Crippen LogP contribution in [0, 0.1) is 0 Å². The summed E-state index contributed by atoms with van der Waals surface area (Å²) in [6, 6.07) is 1.92. The Kier molecular flexibility index (Phi) is 5.40. The second-order valence-electron chi connectivity index (χ2n) is 5.64. The fraction of sp³-hybridized carbons (Fsp3) is 0.714. The molecule has 1 aliphatic heterocycles. The van der Waals surface area contributed by atoms with Gasteiger partial charge >= 0.3 is 0 Å². The van der Waals surface area contributed by atoms with Crippen LogP contribution in [-0.2, 0) is 16.6 Å². The van der Waals surface area contributed by atoms with Crippen molar-refractivity contribution < 1.29 is 8.42 Å². The van der Waals surface area contributed by atoms with Gasteiger partial charge in [0.25, 0.3) is 0 Å². The molecular weight excluding hydrogens is 306 g/mol. The second-order valence-corrected chi connectivity index (χ2v) is 8.98. The molecule has 1 atom stereocenters. The third-order valence-electron chi connectivity index (χ3n) is 3.87. The van der Waals surface area contributed by atoms with Crippen LogP contribution < -0.4 is 5.73 Å². The first-order chi connectivity index (χ1) is 9.90. The zero-order chi connectivity index (χ0) is 15.6. The van der Waals surface area contributed by atoms with Crippen LogP contribution in [0.15, 0.2) is 17.2 Å². The van der Waals surface area contributed by atoms with Gasteiger partial charge in [-0.3, -0.25) is 0 Å². The third kappa shape index (κ3) is 3.47. The summed E-state index contributed by atoms with van der Waals surface area (Å²) in [5, 5.41) is 0.398. The van der Waals surface area contributed by atoms with E-state index in [0.717, 1.165) is 17.9 Å². The van der Waals surface area contributed by atoms with E-state index in [1.54, 1.807) is 16.6 Å². The summed E-state index contributed by atoms with van der Waals surface area (Å²) in [6.07, 6.45) is 2.72. The van der Waals surface area contributed by atoms with Crippen LogP contribution in [0.25, 0.3) is 0 Å². The maximum atomic E-state index is 12.8. The van der Waals surface area contributed by atoms with Crippen LogP contribution in [0.2, 0.25) is 0 Å². The predicted octanol–water partition coefficient (Wildman–Crippen LogP) is 2.04. The van der Waals surface area contributed by atoms with Crippen molar-refractivity contribution in [1.82, 2.24) is 8.87 Å². The van der Waals surface area contributed by atoms with Crippen molar-refractivity contribution in [3.05, 3.63) is 18.0 Å². The Hall–Kier alpha value is -0.500. The number of nitrogens with two attached hydrogens (primary N) is 1. The lowest BCUT2D eigenvalue weighted by atomic mass is 10.3. The van der Waals surface area contributed by atoms with Crippen molar-refractivity contribution in [2.24, 2.45) is 5.73 Å². The monoisotopic (exact) mass is 331 g/mol. The van der Waals surface area contributed by atoms with Crippen LogP contribution in [0.5, 0.6) is 0 Å². The molecule has 0 amide bonds. The van der Waals surface area contributed by atoms with Gasteiger partial charge in [-0.25, -0.2) is 8.42 Å². The van der Waals surface area contributed by atoms with Gasteiger partial charge in [0.2, 0.25) is 10.0 Å². The van der Waals surface area contributed by atoms with Crippen molar-refractivity contribution in [2.75, 3.05) is 18.8 Å². The standard InChI is InChI=1S/C14H25N3O2S2/c1-4-13-9-16(5-6-20-13)21(18,19)14-7-12(8-15)17(10-14)11(2)3/h7,10-11,13H,4-6,8-9,15H2,1-3H3. The molecule has 2 heterocycles. The number of sulfonamides is 1. The molecule has 120 valence electrons. The Balaban J connectivity index is 2.31. The third-order valence-corrected chi connectivity index (χ3v) is 7.07. The molecule has 21 heavy (non-hydrogen) atoms. The molecule has 1 saturated heterocycles. The Morgan fingerprint density at radius 2 is 2.19 bits per heavy atom. The lowest BCUT2D eigenvalue weighted by Gasteiger charge is -2.30. The lowest BCUT2D eigenvalue weighted by Crippen LogP contribution is -2.41. The van der Waals surface area contributed by atoms with E-state index in [4.69, 9.17) is 5.73 Å². The Bertz CT molecular complexity index is 581. The minimum absolute atomic E-state index is 0.202. The number of nitrogens with zero attached hydrogens (tertiary/aromatic N) is 2. The van der Waals surface area contributed by atoms with Crippen LogP contribution in [0.3, 0.4) is 0 Å². The summed E-state index contributed by atoms with van der Waals surface area (Å²) >= 11 is 1.86. The summed E-state index contributed by atoms with van der Waals surface area (Å²) in [6.45, 7) is 7.71. The fourth-order valence-electron chi connectivity index (χ4n) is 2.59. The molecule has 0 saturated carbocycles. The van der Waals surface area contributed by atoms with E-state index in [-0.39, 0.29) is 6.04 Å². The summed E-state index contributed by atoms with van der Waals surface area (Å²) in [4.78, 5) is 0.374. The molecule has 0 aromatic carbocycles. The molecule has 1 aromatic rings. The van der Waals surface area contributed by atoms with Gasteiger partial charge in [0.15, 0.2) is 0 Å². The Morgan fingerprint density at radius 1 is 1.48 bits per heavy atom. The first-order valence-corrected chi connectivity index (χ1v) is 9.91. The quantitative estimate of drug-likeness (QED) is 0.896. The smallest absolute Gasteiger partial charge is 0.244 e. The van der Waals surface area contributed by atoms with E-state index in [0.29, 0.717) is 29.8 Å². The highest BCUT2D eigenvalue weighted by Crippen LogP contribution is 2.27. The molecule has 1 fully saturated rings. The molecular formula is C14H25N3O2S2. The van der Waals surface area contributed by atoms with Gasteiger partial charge in [0.05, 0.1) is 0 Å². The highest BCUT2D eigenvalue weighted by atomic mass is 32.2. The van der Waals surface area contributed by atoms with E-state index in [1.807, 2.05) is 30.2 Å². The molecule has 2 rings (SSSR count). The molecule has 0 aliphatic carbocycles. The van der Waals surface area contributed by atoms with E-state index < -0.39 is 10.0 Å². The highest BCUT2D eigenvalue weighted by molar-refractivity contribution is 8.00. The van der Waals surface area contributed by atoms with Crippen LogP contribution in [-0.4, -0.2) is 41.4 Å². The topological polar surface area (TPSA) is 68.3 Å². The van der Waals surface area contributed by atoms with Gasteiger partial charge in [0.1, 0.15) is 4.90 Å². The predicted molar refractivity (Wildman–Crippen MR) is 88.0 cm³/mol. The normalized spacial score (nSPS) is 21.1. The summed E-state index contributed by atoms with van der Waals surface area (Å²) < 4.78 is 29.2. The first kappa shape index (κ1) is 16.9. The van der Waals surface area contributed by atoms with E-state index >= 15 is 0 Å². The maximum absolute atomic E-state index is 12.8. The SMILES string of the molecule is CCC1CN(S(=O)(=O)c2cc(CN)n(C(C)C)c2)CCS1. The van der Waals surface area contributed by atoms with Gasteiger partial charge in [-0.15, -0.1) is 0 Å². The summed E-state index contributed by atoms with van der Waals surface area (Å²) in [7, 11) is -3.41. The first-order valence-electron chi connectivity index (χ1n) is 7.42. The fourth-order valence-corrected chi connectivity index (χ4v) is 5.52. The average Bonchev–Trinajstić information content (AvgIpc) is 2.92. The van der Waals surface area contributed by atoms with Gasteiger partial charge in [-0.1, -0.05) is 6.92 Å². The zero-order valence-corrected chi connectivity index (χ0v) is 14.6. The summed E-state index contributed by atoms with van der Waals surface area (Å²) in [5.74, 6) is 0.867. The van der Waals surface area contributed by atoms with Crippen LogP contribution in [0.1, 0.15) is 38.9 Å². The number of hydrogen-bond acceptors (Lipinski definition) is 4. The van der Waals surface area contributed by atoms with Gasteiger partial charge in [-0.05, 0) is 26.3 Å². The van der Waals surface area contributed by atoms with Crippen molar-refractivity contribution in [1.29, 1.82) is 0 Å². The summed E-state index contributed by atoms with van der Waals surface area (Å²) in [5.41, 5.74) is 6.60. The van der Waals surface area contributed by atoms with Crippen molar-refractivity contribution in [3.63, 3.8) is 0 Å².